The molecule has 1 heterocycles. The van der Waals surface area contributed by atoms with Gasteiger partial charge < -0.3 is 10.1 Å². The molecule has 1 aromatic heterocycles. The van der Waals surface area contributed by atoms with E-state index in [0.717, 1.165) is 32.7 Å². The summed E-state index contributed by atoms with van der Waals surface area (Å²) < 4.78 is 5.50. The largest absolute Gasteiger partial charge is 0.380 e. The maximum absolute atomic E-state index is 5.50. The molecule has 0 aromatic carbocycles. The van der Waals surface area contributed by atoms with Crippen LogP contribution in [-0.4, -0.2) is 26.3 Å². The number of hydrogen-bond acceptors (Lipinski definition) is 3. The fraction of sp³-hybridized carbons (Fsp3) is 0.636. The summed E-state index contributed by atoms with van der Waals surface area (Å²) in [5, 5.41) is 5.42. The molecular weight excluding hydrogens is 194 g/mol. The van der Waals surface area contributed by atoms with Gasteiger partial charge in [-0.05, 0) is 24.4 Å². The van der Waals surface area contributed by atoms with Crippen LogP contribution in [0.25, 0.3) is 0 Å². The Kier molecular flexibility index (Phi) is 6.66. The molecule has 0 aliphatic carbocycles. The summed E-state index contributed by atoms with van der Waals surface area (Å²) in [6.45, 7) is 5.90. The average molecular weight is 213 g/mol. The molecule has 0 spiro atoms. The van der Waals surface area contributed by atoms with Crippen molar-refractivity contribution in [1.82, 2.24) is 5.32 Å². The van der Waals surface area contributed by atoms with Crippen molar-refractivity contribution in [1.29, 1.82) is 0 Å². The van der Waals surface area contributed by atoms with Gasteiger partial charge in [-0.3, -0.25) is 0 Å². The van der Waals surface area contributed by atoms with Crippen LogP contribution in [0.1, 0.15) is 18.2 Å². The summed E-state index contributed by atoms with van der Waals surface area (Å²) in [4.78, 5) is 1.41. The van der Waals surface area contributed by atoms with Crippen LogP contribution in [0.5, 0.6) is 0 Å². The van der Waals surface area contributed by atoms with E-state index in [0.29, 0.717) is 0 Å². The number of nitrogens with one attached hydrogen (secondary N) is 1. The fourth-order valence-corrected chi connectivity index (χ4v) is 1.87. The first-order chi connectivity index (χ1) is 6.93. The number of thiophene rings is 1. The Hall–Kier alpha value is -0.380. The second-order valence-corrected chi connectivity index (χ2v) is 4.22. The molecular formula is C11H19NOS. The van der Waals surface area contributed by atoms with Crippen LogP contribution in [0.3, 0.4) is 0 Å². The molecule has 80 valence electrons. The molecule has 3 heteroatoms. The van der Waals surface area contributed by atoms with Gasteiger partial charge in [0.25, 0.3) is 0 Å². The van der Waals surface area contributed by atoms with Crippen molar-refractivity contribution in [2.45, 2.75) is 19.8 Å². The lowest BCUT2D eigenvalue weighted by Crippen LogP contribution is -2.20. The quantitative estimate of drug-likeness (QED) is 0.669. The standard InChI is InChI=1S/C11H19NOS/c1-2-6-12-7-9-13-8-5-11-4-3-10-14-11/h3-4,10,12H,2,5-9H2,1H3. The fourth-order valence-electron chi connectivity index (χ4n) is 1.18. The molecule has 0 aliphatic rings. The topological polar surface area (TPSA) is 21.3 Å². The zero-order chi connectivity index (χ0) is 10.1. The van der Waals surface area contributed by atoms with Gasteiger partial charge in [0.1, 0.15) is 0 Å². The van der Waals surface area contributed by atoms with Gasteiger partial charge in [0.2, 0.25) is 0 Å². The first-order valence-corrected chi connectivity index (χ1v) is 6.12. The monoisotopic (exact) mass is 213 g/mol. The smallest absolute Gasteiger partial charge is 0.0591 e. The maximum Gasteiger partial charge on any atom is 0.0591 e. The second kappa shape index (κ2) is 7.97. The number of ether oxygens (including phenoxy) is 1. The van der Waals surface area contributed by atoms with Gasteiger partial charge in [0, 0.05) is 17.8 Å². The minimum absolute atomic E-state index is 0.825. The normalized spacial score (nSPS) is 10.6. The van der Waals surface area contributed by atoms with Crippen molar-refractivity contribution in [3.05, 3.63) is 22.4 Å². The maximum atomic E-state index is 5.50. The van der Waals surface area contributed by atoms with Crippen LogP contribution < -0.4 is 5.32 Å². The number of rotatable bonds is 8. The van der Waals surface area contributed by atoms with E-state index >= 15 is 0 Å². The van der Waals surface area contributed by atoms with Crippen LogP contribution in [0.2, 0.25) is 0 Å². The van der Waals surface area contributed by atoms with Crippen LogP contribution in [0.15, 0.2) is 17.5 Å². The van der Waals surface area contributed by atoms with Crippen molar-refractivity contribution in [3.63, 3.8) is 0 Å². The lowest BCUT2D eigenvalue weighted by molar-refractivity contribution is 0.139. The average Bonchev–Trinajstić information content (AvgIpc) is 2.69. The molecule has 0 bridgehead atoms. The molecule has 2 nitrogen and oxygen atoms in total. The zero-order valence-electron chi connectivity index (χ0n) is 8.79. The van der Waals surface area contributed by atoms with E-state index in [1.807, 2.05) is 0 Å². The van der Waals surface area contributed by atoms with Gasteiger partial charge in [0.05, 0.1) is 13.2 Å². The third kappa shape index (κ3) is 5.37. The molecule has 1 rings (SSSR count). The van der Waals surface area contributed by atoms with E-state index in [-0.39, 0.29) is 0 Å². The lowest BCUT2D eigenvalue weighted by atomic mass is 10.4. The minimum atomic E-state index is 0.825. The third-order valence-corrected chi connectivity index (χ3v) is 2.86. The molecule has 0 saturated carbocycles. The predicted molar refractivity (Wildman–Crippen MR) is 62.0 cm³/mol. The van der Waals surface area contributed by atoms with Gasteiger partial charge >= 0.3 is 0 Å². The Morgan fingerprint density at radius 1 is 1.36 bits per heavy atom. The lowest BCUT2D eigenvalue weighted by Gasteiger charge is -2.04. The van der Waals surface area contributed by atoms with E-state index in [2.05, 4.69) is 29.8 Å². The predicted octanol–water partition coefficient (Wildman–Crippen LogP) is 2.31. The van der Waals surface area contributed by atoms with Crippen LogP contribution in [0.4, 0.5) is 0 Å². The summed E-state index contributed by atoms with van der Waals surface area (Å²) in [5.74, 6) is 0. The molecule has 0 amide bonds. The van der Waals surface area contributed by atoms with Gasteiger partial charge in [-0.15, -0.1) is 11.3 Å². The van der Waals surface area contributed by atoms with Crippen LogP contribution in [0, 0.1) is 0 Å². The Labute approximate surface area is 90.3 Å². The molecule has 0 fully saturated rings. The highest BCUT2D eigenvalue weighted by molar-refractivity contribution is 7.09. The summed E-state index contributed by atoms with van der Waals surface area (Å²) in [6, 6.07) is 4.24. The molecule has 1 N–H and O–H groups in total. The third-order valence-electron chi connectivity index (χ3n) is 1.92. The molecule has 0 aliphatic heterocycles. The van der Waals surface area contributed by atoms with Crippen molar-refractivity contribution < 1.29 is 4.74 Å². The van der Waals surface area contributed by atoms with E-state index in [1.54, 1.807) is 11.3 Å². The molecule has 0 unspecified atom stereocenters. The molecule has 14 heavy (non-hydrogen) atoms. The highest BCUT2D eigenvalue weighted by atomic mass is 32.1. The van der Waals surface area contributed by atoms with Crippen molar-refractivity contribution in [2.75, 3.05) is 26.3 Å². The molecule has 0 radical (unpaired) electrons. The van der Waals surface area contributed by atoms with Crippen LogP contribution in [-0.2, 0) is 11.2 Å². The second-order valence-electron chi connectivity index (χ2n) is 3.19. The zero-order valence-corrected chi connectivity index (χ0v) is 9.61. The Morgan fingerprint density at radius 2 is 2.29 bits per heavy atom. The first kappa shape index (κ1) is 11.7. The first-order valence-electron chi connectivity index (χ1n) is 5.24. The Morgan fingerprint density at radius 3 is 3.00 bits per heavy atom. The summed E-state index contributed by atoms with van der Waals surface area (Å²) in [6.07, 6.45) is 2.24. The van der Waals surface area contributed by atoms with E-state index in [1.165, 1.54) is 11.3 Å². The summed E-state index contributed by atoms with van der Waals surface area (Å²) in [7, 11) is 0. The summed E-state index contributed by atoms with van der Waals surface area (Å²) in [5.41, 5.74) is 0. The van der Waals surface area contributed by atoms with Gasteiger partial charge in [-0.1, -0.05) is 13.0 Å². The van der Waals surface area contributed by atoms with Gasteiger partial charge in [0.15, 0.2) is 0 Å². The number of hydrogen-bond donors (Lipinski definition) is 1. The SMILES string of the molecule is CCCNCCOCCc1cccs1. The van der Waals surface area contributed by atoms with E-state index < -0.39 is 0 Å². The Balaban J connectivity index is 1.85. The van der Waals surface area contributed by atoms with Crippen molar-refractivity contribution >= 4 is 11.3 Å². The Bertz CT molecular complexity index is 211. The van der Waals surface area contributed by atoms with Crippen LogP contribution >= 0.6 is 11.3 Å². The minimum Gasteiger partial charge on any atom is -0.380 e. The van der Waals surface area contributed by atoms with E-state index in [9.17, 15) is 0 Å². The highest BCUT2D eigenvalue weighted by Gasteiger charge is 1.93. The van der Waals surface area contributed by atoms with Gasteiger partial charge in [-0.2, -0.15) is 0 Å². The molecule has 0 saturated heterocycles. The van der Waals surface area contributed by atoms with Crippen molar-refractivity contribution in [3.8, 4) is 0 Å². The highest BCUT2D eigenvalue weighted by Crippen LogP contribution is 2.08. The van der Waals surface area contributed by atoms with Crippen molar-refractivity contribution in [2.24, 2.45) is 0 Å². The van der Waals surface area contributed by atoms with E-state index in [4.69, 9.17) is 4.74 Å². The molecule has 0 atom stereocenters. The summed E-state index contributed by atoms with van der Waals surface area (Å²) >= 11 is 1.80. The molecule has 1 aromatic rings. The van der Waals surface area contributed by atoms with Gasteiger partial charge in [-0.25, -0.2) is 0 Å².